The molecule has 0 unspecified atom stereocenters. The second-order valence-corrected chi connectivity index (χ2v) is 5.38. The molecular weight excluding hydrogens is 260 g/mol. The van der Waals surface area contributed by atoms with Gasteiger partial charge < -0.3 is 10.6 Å². The second-order valence-electron chi connectivity index (χ2n) is 5.38. The number of carbonyl (C=O) groups excluding carboxylic acids is 1. The molecule has 0 aromatic heterocycles. The zero-order valence-corrected chi connectivity index (χ0v) is 12.9. The molecule has 1 amide bonds. The first-order valence-electron chi connectivity index (χ1n) is 7.22. The minimum Gasteiger partial charge on any atom is -0.399 e. The fraction of sp³-hybridized carbons (Fsp3) is 0.278. The zero-order valence-electron chi connectivity index (χ0n) is 12.9. The molecule has 0 radical (unpaired) electrons. The van der Waals surface area contributed by atoms with E-state index in [0.717, 1.165) is 27.9 Å². The van der Waals surface area contributed by atoms with E-state index in [4.69, 9.17) is 5.73 Å². The molecule has 0 atom stereocenters. The normalized spacial score (nSPS) is 10.4. The van der Waals surface area contributed by atoms with Gasteiger partial charge in [-0.3, -0.25) is 4.79 Å². The monoisotopic (exact) mass is 282 g/mol. The topological polar surface area (TPSA) is 46.3 Å². The molecule has 3 nitrogen and oxygen atoms in total. The van der Waals surface area contributed by atoms with E-state index in [0.29, 0.717) is 13.1 Å². The van der Waals surface area contributed by atoms with Gasteiger partial charge in [-0.2, -0.15) is 0 Å². The second kappa shape index (κ2) is 6.44. The smallest absolute Gasteiger partial charge is 0.254 e. The average Bonchev–Trinajstić information content (AvgIpc) is 2.46. The Kier molecular flexibility index (Phi) is 4.63. The SMILES string of the molecule is CCN(Cc1cccc(N)c1)C(=O)c1cc(C)ccc1C. The van der Waals surface area contributed by atoms with Crippen LogP contribution < -0.4 is 5.73 Å². The molecule has 0 aliphatic rings. The van der Waals surface area contributed by atoms with Crippen LogP contribution in [0.2, 0.25) is 0 Å². The van der Waals surface area contributed by atoms with Crippen LogP contribution in [-0.4, -0.2) is 17.4 Å². The van der Waals surface area contributed by atoms with Crippen molar-refractivity contribution in [2.75, 3.05) is 12.3 Å². The van der Waals surface area contributed by atoms with Gasteiger partial charge in [0.2, 0.25) is 0 Å². The third-order valence-electron chi connectivity index (χ3n) is 3.62. The van der Waals surface area contributed by atoms with Crippen molar-refractivity contribution in [1.82, 2.24) is 4.90 Å². The highest BCUT2D eigenvalue weighted by atomic mass is 16.2. The van der Waals surface area contributed by atoms with Gasteiger partial charge in [0.25, 0.3) is 5.91 Å². The third-order valence-corrected chi connectivity index (χ3v) is 3.62. The summed E-state index contributed by atoms with van der Waals surface area (Å²) in [5, 5.41) is 0. The van der Waals surface area contributed by atoms with E-state index < -0.39 is 0 Å². The van der Waals surface area contributed by atoms with Crippen LogP contribution in [0.1, 0.15) is 34.0 Å². The first kappa shape index (κ1) is 15.1. The summed E-state index contributed by atoms with van der Waals surface area (Å²) in [7, 11) is 0. The largest absolute Gasteiger partial charge is 0.399 e. The van der Waals surface area contributed by atoms with Gasteiger partial charge >= 0.3 is 0 Å². The average molecular weight is 282 g/mol. The first-order valence-corrected chi connectivity index (χ1v) is 7.22. The van der Waals surface area contributed by atoms with Crippen molar-refractivity contribution in [3.63, 3.8) is 0 Å². The Hall–Kier alpha value is -2.29. The van der Waals surface area contributed by atoms with Crippen LogP contribution in [0.15, 0.2) is 42.5 Å². The molecule has 0 spiro atoms. The molecule has 2 rings (SSSR count). The van der Waals surface area contributed by atoms with Gasteiger partial charge in [0.1, 0.15) is 0 Å². The van der Waals surface area contributed by atoms with Gasteiger partial charge in [0.05, 0.1) is 0 Å². The Morgan fingerprint density at radius 2 is 1.90 bits per heavy atom. The molecule has 2 aromatic carbocycles. The molecule has 0 bridgehead atoms. The van der Waals surface area contributed by atoms with Gasteiger partial charge in [-0.15, -0.1) is 0 Å². The van der Waals surface area contributed by atoms with Crippen molar-refractivity contribution in [3.8, 4) is 0 Å². The highest BCUT2D eigenvalue weighted by Crippen LogP contribution is 2.16. The van der Waals surface area contributed by atoms with Crippen molar-refractivity contribution >= 4 is 11.6 Å². The number of aryl methyl sites for hydroxylation is 2. The zero-order chi connectivity index (χ0) is 15.4. The van der Waals surface area contributed by atoms with Crippen molar-refractivity contribution in [1.29, 1.82) is 0 Å². The predicted molar refractivity (Wildman–Crippen MR) is 87.2 cm³/mol. The van der Waals surface area contributed by atoms with Gasteiger partial charge in [-0.05, 0) is 50.1 Å². The van der Waals surface area contributed by atoms with E-state index in [-0.39, 0.29) is 5.91 Å². The van der Waals surface area contributed by atoms with Crippen LogP contribution in [-0.2, 0) is 6.54 Å². The van der Waals surface area contributed by atoms with Crippen molar-refractivity contribution in [2.45, 2.75) is 27.3 Å². The minimum absolute atomic E-state index is 0.0705. The maximum atomic E-state index is 12.7. The summed E-state index contributed by atoms with van der Waals surface area (Å²) in [5.41, 5.74) is 10.5. The number of carbonyl (C=O) groups is 1. The van der Waals surface area contributed by atoms with Crippen LogP contribution in [0.3, 0.4) is 0 Å². The van der Waals surface area contributed by atoms with E-state index >= 15 is 0 Å². The van der Waals surface area contributed by atoms with E-state index in [1.807, 2.05) is 68.1 Å². The summed E-state index contributed by atoms with van der Waals surface area (Å²) in [6.45, 7) is 7.22. The van der Waals surface area contributed by atoms with Crippen molar-refractivity contribution < 1.29 is 4.79 Å². The van der Waals surface area contributed by atoms with Crippen molar-refractivity contribution in [3.05, 3.63) is 64.7 Å². The summed E-state index contributed by atoms with van der Waals surface area (Å²) in [6.07, 6.45) is 0. The molecule has 0 aliphatic carbocycles. The molecule has 2 N–H and O–H groups in total. The van der Waals surface area contributed by atoms with E-state index in [1.165, 1.54) is 0 Å². The highest BCUT2D eigenvalue weighted by Gasteiger charge is 2.16. The molecule has 0 fully saturated rings. The van der Waals surface area contributed by atoms with E-state index in [2.05, 4.69) is 0 Å². The Balaban J connectivity index is 2.24. The molecule has 21 heavy (non-hydrogen) atoms. The summed E-state index contributed by atoms with van der Waals surface area (Å²) in [4.78, 5) is 14.6. The lowest BCUT2D eigenvalue weighted by Gasteiger charge is -2.22. The predicted octanol–water partition coefficient (Wildman–Crippen LogP) is 3.55. The fourth-order valence-corrected chi connectivity index (χ4v) is 2.38. The number of hydrogen-bond acceptors (Lipinski definition) is 2. The highest BCUT2D eigenvalue weighted by molar-refractivity contribution is 5.95. The van der Waals surface area contributed by atoms with Crippen LogP contribution in [0, 0.1) is 13.8 Å². The molecule has 0 aliphatic heterocycles. The Morgan fingerprint density at radius 1 is 1.14 bits per heavy atom. The van der Waals surface area contributed by atoms with Crippen LogP contribution >= 0.6 is 0 Å². The Morgan fingerprint density at radius 3 is 2.57 bits per heavy atom. The fourth-order valence-electron chi connectivity index (χ4n) is 2.38. The first-order chi connectivity index (χ1) is 10.0. The maximum absolute atomic E-state index is 12.7. The molecule has 3 heteroatoms. The number of anilines is 1. The van der Waals surface area contributed by atoms with E-state index in [1.54, 1.807) is 0 Å². The van der Waals surface area contributed by atoms with Crippen LogP contribution in [0.4, 0.5) is 5.69 Å². The molecule has 0 saturated carbocycles. The van der Waals surface area contributed by atoms with Crippen LogP contribution in [0.25, 0.3) is 0 Å². The number of rotatable bonds is 4. The summed E-state index contributed by atoms with van der Waals surface area (Å²) in [5.74, 6) is 0.0705. The lowest BCUT2D eigenvalue weighted by atomic mass is 10.0. The molecular formula is C18H22N2O. The maximum Gasteiger partial charge on any atom is 0.254 e. The van der Waals surface area contributed by atoms with Gasteiger partial charge in [0, 0.05) is 24.3 Å². The molecule has 110 valence electrons. The standard InChI is InChI=1S/C18H22N2O/c1-4-20(12-15-6-5-7-16(19)11-15)18(21)17-10-13(2)8-9-14(17)3/h5-11H,4,12,19H2,1-3H3. The van der Waals surface area contributed by atoms with Gasteiger partial charge in [-0.1, -0.05) is 29.8 Å². The van der Waals surface area contributed by atoms with Gasteiger partial charge in [0.15, 0.2) is 0 Å². The van der Waals surface area contributed by atoms with Gasteiger partial charge in [-0.25, -0.2) is 0 Å². The summed E-state index contributed by atoms with van der Waals surface area (Å²) in [6, 6.07) is 13.7. The lowest BCUT2D eigenvalue weighted by molar-refractivity contribution is 0.0752. The van der Waals surface area contributed by atoms with Crippen molar-refractivity contribution in [2.24, 2.45) is 0 Å². The number of nitrogens with two attached hydrogens (primary N) is 1. The third kappa shape index (κ3) is 3.63. The lowest BCUT2D eigenvalue weighted by Crippen LogP contribution is -2.30. The number of hydrogen-bond donors (Lipinski definition) is 1. The summed E-state index contributed by atoms with van der Waals surface area (Å²) >= 11 is 0. The van der Waals surface area contributed by atoms with E-state index in [9.17, 15) is 4.79 Å². The number of benzene rings is 2. The molecule has 2 aromatic rings. The number of nitrogen functional groups attached to an aromatic ring is 1. The van der Waals surface area contributed by atoms with Crippen LogP contribution in [0.5, 0.6) is 0 Å². The minimum atomic E-state index is 0.0705. The number of nitrogens with zero attached hydrogens (tertiary/aromatic N) is 1. The Labute approximate surface area is 126 Å². The summed E-state index contributed by atoms with van der Waals surface area (Å²) < 4.78 is 0. The quantitative estimate of drug-likeness (QED) is 0.872. The Bertz CT molecular complexity index is 649. The molecule has 0 saturated heterocycles. The molecule has 0 heterocycles. The number of amides is 1.